The van der Waals surface area contributed by atoms with Gasteiger partial charge in [-0.3, -0.25) is 4.79 Å². The Kier molecular flexibility index (Phi) is 5.86. The Morgan fingerprint density at radius 2 is 1.82 bits per heavy atom. The average Bonchev–Trinajstić information content (AvgIpc) is 2.50. The van der Waals surface area contributed by atoms with Crippen molar-refractivity contribution in [2.75, 3.05) is 20.3 Å². The van der Waals surface area contributed by atoms with E-state index in [0.717, 1.165) is 0 Å². The SMILES string of the molecule is COc1ccccc1OCCNC(=O)c1cc(Cl)nc(Cl)c1. The zero-order valence-electron chi connectivity index (χ0n) is 11.8. The second-order valence-corrected chi connectivity index (χ2v) is 5.03. The first-order valence-corrected chi connectivity index (χ1v) is 7.23. The fourth-order valence-corrected chi connectivity index (χ4v) is 2.22. The van der Waals surface area contributed by atoms with Crippen molar-refractivity contribution in [2.45, 2.75) is 0 Å². The number of carbonyl (C=O) groups excluding carboxylic acids is 1. The summed E-state index contributed by atoms with van der Waals surface area (Å²) in [5.74, 6) is 0.964. The second kappa shape index (κ2) is 7.87. The molecule has 22 heavy (non-hydrogen) atoms. The molecule has 0 aliphatic rings. The number of aromatic nitrogens is 1. The number of rotatable bonds is 6. The first kappa shape index (κ1) is 16.4. The van der Waals surface area contributed by atoms with Gasteiger partial charge in [-0.2, -0.15) is 0 Å². The number of para-hydroxylation sites is 2. The Bertz CT molecular complexity index is 645. The van der Waals surface area contributed by atoms with E-state index in [1.807, 2.05) is 12.1 Å². The van der Waals surface area contributed by atoms with Gasteiger partial charge in [-0.15, -0.1) is 0 Å². The van der Waals surface area contributed by atoms with Gasteiger partial charge >= 0.3 is 0 Å². The number of hydrogen-bond acceptors (Lipinski definition) is 4. The highest BCUT2D eigenvalue weighted by Crippen LogP contribution is 2.25. The van der Waals surface area contributed by atoms with Crippen LogP contribution in [0.25, 0.3) is 0 Å². The molecule has 1 N–H and O–H groups in total. The Balaban J connectivity index is 1.84. The molecule has 1 amide bonds. The highest BCUT2D eigenvalue weighted by molar-refractivity contribution is 6.33. The quantitative estimate of drug-likeness (QED) is 0.647. The van der Waals surface area contributed by atoms with Crippen molar-refractivity contribution in [3.05, 3.63) is 52.3 Å². The molecule has 116 valence electrons. The first-order chi connectivity index (χ1) is 10.6. The highest BCUT2D eigenvalue weighted by atomic mass is 35.5. The summed E-state index contributed by atoms with van der Waals surface area (Å²) in [5.41, 5.74) is 0.349. The van der Waals surface area contributed by atoms with Crippen LogP contribution in [0.1, 0.15) is 10.4 Å². The van der Waals surface area contributed by atoms with E-state index in [1.54, 1.807) is 19.2 Å². The van der Waals surface area contributed by atoms with Crippen LogP contribution in [0.15, 0.2) is 36.4 Å². The lowest BCUT2D eigenvalue weighted by molar-refractivity contribution is 0.0946. The van der Waals surface area contributed by atoms with Crippen LogP contribution in [-0.2, 0) is 0 Å². The third-order valence-electron chi connectivity index (χ3n) is 2.74. The minimum Gasteiger partial charge on any atom is -0.493 e. The lowest BCUT2D eigenvalue weighted by Gasteiger charge is -2.11. The fraction of sp³-hybridized carbons (Fsp3) is 0.200. The number of methoxy groups -OCH3 is 1. The summed E-state index contributed by atoms with van der Waals surface area (Å²) in [6.07, 6.45) is 0. The van der Waals surface area contributed by atoms with E-state index < -0.39 is 0 Å². The maximum absolute atomic E-state index is 11.9. The van der Waals surface area contributed by atoms with E-state index in [0.29, 0.717) is 30.2 Å². The molecule has 0 atom stereocenters. The molecule has 0 saturated carbocycles. The van der Waals surface area contributed by atoms with Crippen molar-refractivity contribution in [1.82, 2.24) is 10.3 Å². The third kappa shape index (κ3) is 4.51. The number of ether oxygens (including phenoxy) is 2. The van der Waals surface area contributed by atoms with Crippen LogP contribution < -0.4 is 14.8 Å². The molecule has 1 heterocycles. The van der Waals surface area contributed by atoms with Gasteiger partial charge in [-0.1, -0.05) is 35.3 Å². The molecule has 7 heteroatoms. The van der Waals surface area contributed by atoms with E-state index in [-0.39, 0.29) is 16.2 Å². The summed E-state index contributed by atoms with van der Waals surface area (Å²) in [4.78, 5) is 15.7. The van der Waals surface area contributed by atoms with Gasteiger partial charge in [0.2, 0.25) is 0 Å². The third-order valence-corrected chi connectivity index (χ3v) is 3.13. The van der Waals surface area contributed by atoms with Crippen molar-refractivity contribution in [1.29, 1.82) is 0 Å². The van der Waals surface area contributed by atoms with Gasteiger partial charge in [0.05, 0.1) is 13.7 Å². The predicted molar refractivity (Wildman–Crippen MR) is 85.1 cm³/mol. The van der Waals surface area contributed by atoms with E-state index in [9.17, 15) is 4.79 Å². The summed E-state index contributed by atoms with van der Waals surface area (Å²) < 4.78 is 10.7. The van der Waals surface area contributed by atoms with Gasteiger partial charge in [-0.25, -0.2) is 4.98 Å². The zero-order valence-corrected chi connectivity index (χ0v) is 13.3. The molecule has 2 aromatic rings. The molecule has 0 aliphatic carbocycles. The van der Waals surface area contributed by atoms with Gasteiger partial charge in [-0.05, 0) is 24.3 Å². The Morgan fingerprint density at radius 3 is 2.45 bits per heavy atom. The average molecular weight is 341 g/mol. The first-order valence-electron chi connectivity index (χ1n) is 6.47. The van der Waals surface area contributed by atoms with E-state index in [2.05, 4.69) is 10.3 Å². The van der Waals surface area contributed by atoms with E-state index >= 15 is 0 Å². The largest absolute Gasteiger partial charge is 0.493 e. The van der Waals surface area contributed by atoms with Crippen LogP contribution >= 0.6 is 23.2 Å². The molecule has 0 fully saturated rings. The predicted octanol–water partition coefficient (Wildman–Crippen LogP) is 3.21. The number of amides is 1. The molecule has 0 spiro atoms. The van der Waals surface area contributed by atoms with Crippen molar-refractivity contribution in [2.24, 2.45) is 0 Å². The second-order valence-electron chi connectivity index (χ2n) is 4.26. The maximum atomic E-state index is 11.9. The number of carbonyl (C=O) groups is 1. The molecule has 0 bridgehead atoms. The number of benzene rings is 1. The van der Waals surface area contributed by atoms with Gasteiger partial charge < -0.3 is 14.8 Å². The normalized spacial score (nSPS) is 10.1. The lowest BCUT2D eigenvalue weighted by atomic mass is 10.2. The standard InChI is InChI=1S/C15H14Cl2N2O3/c1-21-11-4-2-3-5-12(11)22-7-6-18-15(20)10-8-13(16)19-14(17)9-10/h2-5,8-9H,6-7H2,1H3,(H,18,20). The Labute approximate surface area is 138 Å². The lowest BCUT2D eigenvalue weighted by Crippen LogP contribution is -2.28. The molecule has 0 saturated heterocycles. The number of nitrogens with one attached hydrogen (secondary N) is 1. The molecule has 1 aromatic carbocycles. The van der Waals surface area contributed by atoms with Gasteiger partial charge in [0, 0.05) is 5.56 Å². The Hall–Kier alpha value is -1.98. The molecular weight excluding hydrogens is 327 g/mol. The minimum absolute atomic E-state index is 0.169. The van der Waals surface area contributed by atoms with Crippen LogP contribution in [0.5, 0.6) is 11.5 Å². The smallest absolute Gasteiger partial charge is 0.251 e. The van der Waals surface area contributed by atoms with Crippen LogP contribution in [0.3, 0.4) is 0 Å². The van der Waals surface area contributed by atoms with Crippen molar-refractivity contribution >= 4 is 29.1 Å². The van der Waals surface area contributed by atoms with Gasteiger partial charge in [0.1, 0.15) is 16.9 Å². The topological polar surface area (TPSA) is 60.5 Å². The number of hydrogen-bond donors (Lipinski definition) is 1. The van der Waals surface area contributed by atoms with Crippen molar-refractivity contribution < 1.29 is 14.3 Å². The number of halogens is 2. The van der Waals surface area contributed by atoms with Crippen molar-refractivity contribution in [3.8, 4) is 11.5 Å². The molecule has 0 unspecified atom stereocenters. The van der Waals surface area contributed by atoms with Gasteiger partial charge in [0.25, 0.3) is 5.91 Å². The molecule has 5 nitrogen and oxygen atoms in total. The van der Waals surface area contributed by atoms with E-state index in [4.69, 9.17) is 32.7 Å². The monoisotopic (exact) mass is 340 g/mol. The zero-order chi connectivity index (χ0) is 15.9. The number of pyridine rings is 1. The highest BCUT2D eigenvalue weighted by Gasteiger charge is 2.08. The summed E-state index contributed by atoms with van der Waals surface area (Å²) in [5, 5.41) is 3.05. The summed E-state index contributed by atoms with van der Waals surface area (Å²) >= 11 is 11.5. The molecular formula is C15H14Cl2N2O3. The molecule has 2 rings (SSSR count). The molecule has 0 radical (unpaired) electrons. The van der Waals surface area contributed by atoms with E-state index in [1.165, 1.54) is 12.1 Å². The molecule has 1 aromatic heterocycles. The number of nitrogens with zero attached hydrogens (tertiary/aromatic N) is 1. The fourth-order valence-electron chi connectivity index (χ4n) is 1.76. The Morgan fingerprint density at radius 1 is 1.18 bits per heavy atom. The summed E-state index contributed by atoms with van der Waals surface area (Å²) in [6, 6.07) is 10.2. The van der Waals surface area contributed by atoms with Crippen molar-refractivity contribution in [3.63, 3.8) is 0 Å². The van der Waals surface area contributed by atoms with Gasteiger partial charge in [0.15, 0.2) is 11.5 Å². The minimum atomic E-state index is -0.296. The maximum Gasteiger partial charge on any atom is 0.251 e. The molecule has 0 aliphatic heterocycles. The summed E-state index contributed by atoms with van der Waals surface area (Å²) in [7, 11) is 1.57. The van der Waals surface area contributed by atoms with Crippen LogP contribution in [0.2, 0.25) is 10.3 Å². The van der Waals surface area contributed by atoms with Crippen LogP contribution in [0, 0.1) is 0 Å². The summed E-state index contributed by atoms with van der Waals surface area (Å²) in [6.45, 7) is 0.632. The van der Waals surface area contributed by atoms with Crippen LogP contribution in [-0.4, -0.2) is 31.2 Å². The van der Waals surface area contributed by atoms with Crippen LogP contribution in [0.4, 0.5) is 0 Å².